The van der Waals surface area contributed by atoms with Gasteiger partial charge >= 0.3 is 0 Å². The van der Waals surface area contributed by atoms with Crippen LogP contribution in [0.15, 0.2) is 12.1 Å². The zero-order valence-corrected chi connectivity index (χ0v) is 10.9. The molecule has 0 radical (unpaired) electrons. The second-order valence-corrected chi connectivity index (χ2v) is 4.86. The normalized spacial score (nSPS) is 17.4. The minimum Gasteiger partial charge on any atom is -0.497 e. The lowest BCUT2D eigenvalue weighted by molar-refractivity contribution is 0.241. The largest absolute Gasteiger partial charge is 0.497 e. The van der Waals surface area contributed by atoms with Crippen LogP contribution in [0.1, 0.15) is 30.4 Å². The van der Waals surface area contributed by atoms with Crippen molar-refractivity contribution in [1.29, 1.82) is 0 Å². The molecule has 0 aliphatic heterocycles. The second kappa shape index (κ2) is 4.57. The summed E-state index contributed by atoms with van der Waals surface area (Å²) in [4.78, 5) is 0. The summed E-state index contributed by atoms with van der Waals surface area (Å²) < 4.78 is 10.8. The first kappa shape index (κ1) is 12.2. The van der Waals surface area contributed by atoms with E-state index in [9.17, 15) is 0 Å². The first-order valence-electron chi connectivity index (χ1n) is 6.10. The number of benzene rings is 1. The number of methoxy groups -OCH3 is 2. The molecule has 3 nitrogen and oxygen atoms in total. The van der Waals surface area contributed by atoms with E-state index in [2.05, 4.69) is 13.0 Å². The van der Waals surface area contributed by atoms with Crippen molar-refractivity contribution in [2.45, 2.75) is 31.6 Å². The highest BCUT2D eigenvalue weighted by Gasteiger charge is 2.40. The number of aryl methyl sites for hydroxylation is 1. The summed E-state index contributed by atoms with van der Waals surface area (Å²) in [5.41, 5.74) is 8.59. The van der Waals surface area contributed by atoms with Crippen LogP contribution in [0.5, 0.6) is 11.5 Å². The van der Waals surface area contributed by atoms with E-state index in [0.29, 0.717) is 6.54 Å². The fourth-order valence-corrected chi connectivity index (χ4v) is 2.84. The van der Waals surface area contributed by atoms with Crippen LogP contribution in [0.4, 0.5) is 0 Å². The highest BCUT2D eigenvalue weighted by molar-refractivity contribution is 5.51. The Kier molecular flexibility index (Phi) is 3.29. The Balaban J connectivity index is 2.52. The van der Waals surface area contributed by atoms with Gasteiger partial charge in [-0.1, -0.05) is 6.42 Å². The molecule has 0 spiro atoms. The van der Waals surface area contributed by atoms with Crippen LogP contribution >= 0.6 is 0 Å². The number of hydrogen-bond donors (Lipinski definition) is 1. The number of hydrogen-bond acceptors (Lipinski definition) is 3. The quantitative estimate of drug-likeness (QED) is 0.871. The smallest absolute Gasteiger partial charge is 0.126 e. The molecule has 3 heteroatoms. The van der Waals surface area contributed by atoms with Gasteiger partial charge in [-0.15, -0.1) is 0 Å². The lowest BCUT2D eigenvalue weighted by atomic mass is 9.63. The van der Waals surface area contributed by atoms with Gasteiger partial charge in [-0.2, -0.15) is 0 Å². The molecule has 2 N–H and O–H groups in total. The van der Waals surface area contributed by atoms with Gasteiger partial charge in [0.2, 0.25) is 0 Å². The van der Waals surface area contributed by atoms with Crippen LogP contribution in [0, 0.1) is 6.92 Å². The van der Waals surface area contributed by atoms with Crippen LogP contribution in [-0.4, -0.2) is 20.8 Å². The van der Waals surface area contributed by atoms with E-state index in [1.54, 1.807) is 14.2 Å². The number of nitrogens with two attached hydrogens (primary N) is 1. The molecule has 0 saturated heterocycles. The molecule has 0 aromatic heterocycles. The summed E-state index contributed by atoms with van der Waals surface area (Å²) in [5.74, 6) is 1.75. The standard InChI is InChI=1S/C14H21NO2/c1-10-7-11(16-2)8-12(17-3)13(10)14(9-15)5-4-6-14/h7-8H,4-6,9,15H2,1-3H3. The van der Waals surface area contributed by atoms with Crippen molar-refractivity contribution in [1.82, 2.24) is 0 Å². The number of rotatable bonds is 4. The van der Waals surface area contributed by atoms with Gasteiger partial charge in [0.25, 0.3) is 0 Å². The van der Waals surface area contributed by atoms with Gasteiger partial charge in [0.05, 0.1) is 14.2 Å². The van der Waals surface area contributed by atoms with E-state index in [4.69, 9.17) is 15.2 Å². The van der Waals surface area contributed by atoms with Crippen LogP contribution in [0.3, 0.4) is 0 Å². The summed E-state index contributed by atoms with van der Waals surface area (Å²) in [6.07, 6.45) is 3.58. The summed E-state index contributed by atoms with van der Waals surface area (Å²) in [5, 5.41) is 0. The summed E-state index contributed by atoms with van der Waals surface area (Å²) in [6, 6.07) is 4.02. The Morgan fingerprint density at radius 1 is 1.24 bits per heavy atom. The topological polar surface area (TPSA) is 44.5 Å². The zero-order valence-electron chi connectivity index (χ0n) is 10.9. The zero-order chi connectivity index (χ0) is 12.5. The van der Waals surface area contributed by atoms with Crippen LogP contribution < -0.4 is 15.2 Å². The van der Waals surface area contributed by atoms with Gasteiger partial charge < -0.3 is 15.2 Å². The Morgan fingerprint density at radius 2 is 1.94 bits per heavy atom. The summed E-state index contributed by atoms with van der Waals surface area (Å²) in [7, 11) is 3.39. The SMILES string of the molecule is COc1cc(C)c(C2(CN)CCC2)c(OC)c1. The van der Waals surface area contributed by atoms with E-state index in [-0.39, 0.29) is 5.41 Å². The predicted molar refractivity (Wildman–Crippen MR) is 68.9 cm³/mol. The average molecular weight is 235 g/mol. The molecule has 1 aliphatic rings. The Bertz CT molecular complexity index is 405. The molecular formula is C14H21NO2. The van der Waals surface area contributed by atoms with Gasteiger partial charge in [0.15, 0.2) is 0 Å². The maximum absolute atomic E-state index is 5.98. The molecule has 1 saturated carbocycles. The Labute approximate surface area is 103 Å². The fourth-order valence-electron chi connectivity index (χ4n) is 2.84. The van der Waals surface area contributed by atoms with Crippen molar-refractivity contribution < 1.29 is 9.47 Å². The van der Waals surface area contributed by atoms with E-state index < -0.39 is 0 Å². The van der Waals surface area contributed by atoms with Crippen molar-refractivity contribution in [2.75, 3.05) is 20.8 Å². The molecule has 1 aliphatic carbocycles. The fraction of sp³-hybridized carbons (Fsp3) is 0.571. The molecule has 0 amide bonds. The van der Waals surface area contributed by atoms with Gasteiger partial charge in [-0.25, -0.2) is 0 Å². The van der Waals surface area contributed by atoms with Crippen molar-refractivity contribution in [2.24, 2.45) is 5.73 Å². The van der Waals surface area contributed by atoms with Gasteiger partial charge in [0, 0.05) is 23.6 Å². The molecule has 0 heterocycles. The molecule has 1 aromatic carbocycles. The third kappa shape index (κ3) is 1.89. The van der Waals surface area contributed by atoms with Crippen LogP contribution in [-0.2, 0) is 5.41 Å². The maximum atomic E-state index is 5.98. The molecule has 0 bridgehead atoms. The third-order valence-corrected chi connectivity index (χ3v) is 3.96. The van der Waals surface area contributed by atoms with Crippen molar-refractivity contribution in [3.8, 4) is 11.5 Å². The molecular weight excluding hydrogens is 214 g/mol. The Morgan fingerprint density at radius 3 is 2.35 bits per heavy atom. The minimum atomic E-state index is 0.127. The highest BCUT2D eigenvalue weighted by atomic mass is 16.5. The lowest BCUT2D eigenvalue weighted by Crippen LogP contribution is -2.42. The van der Waals surface area contributed by atoms with Crippen molar-refractivity contribution in [3.63, 3.8) is 0 Å². The molecule has 2 rings (SSSR count). The molecule has 17 heavy (non-hydrogen) atoms. The maximum Gasteiger partial charge on any atom is 0.126 e. The first-order valence-corrected chi connectivity index (χ1v) is 6.10. The lowest BCUT2D eigenvalue weighted by Gasteiger charge is -2.43. The predicted octanol–water partition coefficient (Wildman–Crippen LogP) is 2.39. The van der Waals surface area contributed by atoms with E-state index in [1.165, 1.54) is 17.5 Å². The molecule has 1 aromatic rings. The van der Waals surface area contributed by atoms with E-state index in [0.717, 1.165) is 24.3 Å². The van der Waals surface area contributed by atoms with E-state index >= 15 is 0 Å². The summed E-state index contributed by atoms with van der Waals surface area (Å²) in [6.45, 7) is 2.80. The highest BCUT2D eigenvalue weighted by Crippen LogP contribution is 2.48. The van der Waals surface area contributed by atoms with E-state index in [1.807, 2.05) is 6.07 Å². The summed E-state index contributed by atoms with van der Waals surface area (Å²) >= 11 is 0. The van der Waals surface area contributed by atoms with Crippen molar-refractivity contribution in [3.05, 3.63) is 23.3 Å². The minimum absolute atomic E-state index is 0.127. The molecule has 0 unspecified atom stereocenters. The molecule has 0 atom stereocenters. The first-order chi connectivity index (χ1) is 8.16. The van der Waals surface area contributed by atoms with Crippen LogP contribution in [0.25, 0.3) is 0 Å². The number of ether oxygens (including phenoxy) is 2. The second-order valence-electron chi connectivity index (χ2n) is 4.86. The van der Waals surface area contributed by atoms with Crippen LogP contribution in [0.2, 0.25) is 0 Å². The molecule has 1 fully saturated rings. The Hall–Kier alpha value is -1.22. The van der Waals surface area contributed by atoms with Gasteiger partial charge in [-0.3, -0.25) is 0 Å². The molecule has 94 valence electrons. The third-order valence-electron chi connectivity index (χ3n) is 3.96. The average Bonchev–Trinajstić information content (AvgIpc) is 2.29. The van der Waals surface area contributed by atoms with Gasteiger partial charge in [0.1, 0.15) is 11.5 Å². The van der Waals surface area contributed by atoms with Crippen molar-refractivity contribution >= 4 is 0 Å². The van der Waals surface area contributed by atoms with Gasteiger partial charge in [-0.05, 0) is 31.4 Å². The monoisotopic (exact) mass is 235 g/mol.